The fourth-order valence-corrected chi connectivity index (χ4v) is 2.65. The maximum absolute atomic E-state index is 12.3. The van der Waals surface area contributed by atoms with Gasteiger partial charge in [0.05, 0.1) is 21.3 Å². The second kappa shape index (κ2) is 8.90. The van der Waals surface area contributed by atoms with Gasteiger partial charge in [0.2, 0.25) is 23.4 Å². The first kappa shape index (κ1) is 19.2. The average Bonchev–Trinajstić information content (AvgIpc) is 3.21. The van der Waals surface area contributed by atoms with Gasteiger partial charge in [0.15, 0.2) is 11.5 Å². The first-order valence-corrected chi connectivity index (χ1v) is 8.62. The minimum Gasteiger partial charge on any atom is -0.493 e. The van der Waals surface area contributed by atoms with Gasteiger partial charge in [-0.15, -0.1) is 10.2 Å². The molecule has 0 atom stereocenters. The Kier molecular flexibility index (Phi) is 6.11. The number of benzene rings is 2. The Morgan fingerprint density at radius 3 is 2.29 bits per heavy atom. The van der Waals surface area contributed by atoms with Crippen LogP contribution in [0.2, 0.25) is 0 Å². The Bertz CT molecular complexity index is 915. The van der Waals surface area contributed by atoms with E-state index < -0.39 is 0 Å². The minimum absolute atomic E-state index is 0.188. The van der Waals surface area contributed by atoms with Gasteiger partial charge in [0, 0.05) is 36.2 Å². The van der Waals surface area contributed by atoms with Crippen molar-refractivity contribution in [3.05, 3.63) is 48.4 Å². The molecule has 0 radical (unpaired) electrons. The van der Waals surface area contributed by atoms with E-state index in [1.54, 1.807) is 12.1 Å². The molecule has 8 nitrogen and oxygen atoms in total. The molecule has 0 unspecified atom stereocenters. The highest BCUT2D eigenvalue weighted by molar-refractivity contribution is 5.91. The van der Waals surface area contributed by atoms with E-state index in [9.17, 15) is 4.79 Å². The van der Waals surface area contributed by atoms with Crippen molar-refractivity contribution < 1.29 is 23.4 Å². The molecule has 1 N–H and O–H groups in total. The van der Waals surface area contributed by atoms with E-state index in [1.165, 1.54) is 21.3 Å². The number of aromatic nitrogens is 2. The summed E-state index contributed by atoms with van der Waals surface area (Å²) in [6, 6.07) is 12.8. The quantitative estimate of drug-likeness (QED) is 0.637. The summed E-state index contributed by atoms with van der Waals surface area (Å²) < 4.78 is 21.5. The van der Waals surface area contributed by atoms with Crippen LogP contribution in [-0.4, -0.2) is 37.4 Å². The number of hydrogen-bond acceptors (Lipinski definition) is 7. The molecule has 0 spiro atoms. The maximum atomic E-state index is 12.3. The van der Waals surface area contributed by atoms with Gasteiger partial charge in [-0.2, -0.15) is 0 Å². The largest absolute Gasteiger partial charge is 0.493 e. The van der Waals surface area contributed by atoms with Crippen LogP contribution in [0.25, 0.3) is 11.5 Å². The number of rotatable bonds is 8. The zero-order valence-electron chi connectivity index (χ0n) is 15.9. The Labute approximate surface area is 162 Å². The van der Waals surface area contributed by atoms with Crippen molar-refractivity contribution in [3.63, 3.8) is 0 Å². The second-order valence-electron chi connectivity index (χ2n) is 5.83. The Morgan fingerprint density at radius 1 is 1.00 bits per heavy atom. The van der Waals surface area contributed by atoms with Gasteiger partial charge in [-0.1, -0.05) is 18.2 Å². The monoisotopic (exact) mass is 383 g/mol. The summed E-state index contributed by atoms with van der Waals surface area (Å²) >= 11 is 0. The third kappa shape index (κ3) is 4.40. The van der Waals surface area contributed by atoms with Gasteiger partial charge in [-0.3, -0.25) is 4.79 Å². The smallest absolute Gasteiger partial charge is 0.247 e. The second-order valence-corrected chi connectivity index (χ2v) is 5.83. The van der Waals surface area contributed by atoms with Crippen molar-refractivity contribution in [3.8, 4) is 28.7 Å². The van der Waals surface area contributed by atoms with Gasteiger partial charge in [0.1, 0.15) is 0 Å². The Hall–Kier alpha value is -3.55. The van der Waals surface area contributed by atoms with Crippen LogP contribution in [0.1, 0.15) is 12.3 Å². The summed E-state index contributed by atoms with van der Waals surface area (Å²) in [6.45, 7) is 0. The molecule has 0 aliphatic rings. The summed E-state index contributed by atoms with van der Waals surface area (Å²) in [5.74, 6) is 2.01. The normalized spacial score (nSPS) is 10.4. The molecule has 0 saturated carbocycles. The van der Waals surface area contributed by atoms with Crippen molar-refractivity contribution in [2.75, 3.05) is 26.6 Å². The molecule has 0 fully saturated rings. The number of methoxy groups -OCH3 is 3. The minimum atomic E-state index is -0.200. The van der Waals surface area contributed by atoms with Gasteiger partial charge in [-0.05, 0) is 12.1 Å². The fraction of sp³-hybridized carbons (Fsp3) is 0.250. The number of amides is 1. The van der Waals surface area contributed by atoms with Crippen molar-refractivity contribution in [1.82, 2.24) is 10.2 Å². The SMILES string of the molecule is COc1cc(NC(=O)CCc2nnc(-c3ccccc3)o2)cc(OC)c1OC. The molecule has 2 aromatic carbocycles. The molecule has 0 saturated heterocycles. The van der Waals surface area contributed by atoms with Crippen molar-refractivity contribution >= 4 is 11.6 Å². The predicted molar refractivity (Wildman–Crippen MR) is 103 cm³/mol. The maximum Gasteiger partial charge on any atom is 0.247 e. The van der Waals surface area contributed by atoms with E-state index in [4.69, 9.17) is 18.6 Å². The summed E-state index contributed by atoms with van der Waals surface area (Å²) in [7, 11) is 4.55. The number of hydrogen-bond donors (Lipinski definition) is 1. The average molecular weight is 383 g/mol. The first-order chi connectivity index (χ1) is 13.6. The van der Waals surface area contributed by atoms with Crippen molar-refractivity contribution in [2.45, 2.75) is 12.8 Å². The zero-order chi connectivity index (χ0) is 19.9. The van der Waals surface area contributed by atoms with E-state index >= 15 is 0 Å². The number of carbonyl (C=O) groups excluding carboxylic acids is 1. The summed E-state index contributed by atoms with van der Waals surface area (Å²) in [5.41, 5.74) is 1.37. The van der Waals surface area contributed by atoms with E-state index in [1.807, 2.05) is 30.3 Å². The number of aryl methyl sites for hydroxylation is 1. The highest BCUT2D eigenvalue weighted by Gasteiger charge is 2.15. The lowest BCUT2D eigenvalue weighted by atomic mass is 10.2. The van der Waals surface area contributed by atoms with Crippen LogP contribution in [0, 0.1) is 0 Å². The van der Waals surface area contributed by atoms with Crippen LogP contribution >= 0.6 is 0 Å². The summed E-state index contributed by atoms with van der Waals surface area (Å²) in [6.07, 6.45) is 0.517. The standard InChI is InChI=1S/C20H21N3O5/c1-25-15-11-14(12-16(26-2)19(15)27-3)21-17(24)9-10-18-22-23-20(28-18)13-7-5-4-6-8-13/h4-8,11-12H,9-10H2,1-3H3,(H,21,24). The predicted octanol–water partition coefficient (Wildman–Crippen LogP) is 3.33. The Morgan fingerprint density at radius 2 is 1.68 bits per heavy atom. The van der Waals surface area contributed by atoms with Crippen LogP contribution in [0.15, 0.2) is 46.9 Å². The van der Waals surface area contributed by atoms with Gasteiger partial charge in [0.25, 0.3) is 0 Å². The fourth-order valence-electron chi connectivity index (χ4n) is 2.65. The lowest BCUT2D eigenvalue weighted by Crippen LogP contribution is -2.12. The highest BCUT2D eigenvalue weighted by atomic mass is 16.5. The molecule has 0 aliphatic carbocycles. The van der Waals surface area contributed by atoms with E-state index in [-0.39, 0.29) is 12.3 Å². The zero-order valence-corrected chi connectivity index (χ0v) is 15.9. The molecule has 1 aromatic heterocycles. The van der Waals surface area contributed by atoms with E-state index in [0.717, 1.165) is 5.56 Å². The lowest BCUT2D eigenvalue weighted by molar-refractivity contribution is -0.116. The van der Waals surface area contributed by atoms with Crippen LogP contribution < -0.4 is 19.5 Å². The molecular weight excluding hydrogens is 362 g/mol. The highest BCUT2D eigenvalue weighted by Crippen LogP contribution is 2.39. The van der Waals surface area contributed by atoms with E-state index in [2.05, 4.69) is 15.5 Å². The van der Waals surface area contributed by atoms with Gasteiger partial charge >= 0.3 is 0 Å². The molecular formula is C20H21N3O5. The molecule has 3 rings (SSSR count). The molecule has 28 heavy (non-hydrogen) atoms. The van der Waals surface area contributed by atoms with Crippen LogP contribution in [-0.2, 0) is 11.2 Å². The molecule has 3 aromatic rings. The number of anilines is 1. The number of nitrogens with zero attached hydrogens (tertiary/aromatic N) is 2. The first-order valence-electron chi connectivity index (χ1n) is 8.62. The number of nitrogens with one attached hydrogen (secondary N) is 1. The van der Waals surface area contributed by atoms with Crippen LogP contribution in [0.3, 0.4) is 0 Å². The molecule has 1 amide bonds. The Balaban J connectivity index is 1.63. The van der Waals surface area contributed by atoms with E-state index in [0.29, 0.717) is 41.1 Å². The molecule has 8 heteroatoms. The van der Waals surface area contributed by atoms with Crippen LogP contribution in [0.4, 0.5) is 5.69 Å². The molecule has 1 heterocycles. The number of carbonyl (C=O) groups is 1. The number of ether oxygens (including phenoxy) is 3. The van der Waals surface area contributed by atoms with Crippen LogP contribution in [0.5, 0.6) is 17.2 Å². The molecule has 146 valence electrons. The lowest BCUT2D eigenvalue weighted by Gasteiger charge is -2.14. The third-order valence-electron chi connectivity index (χ3n) is 4.00. The topological polar surface area (TPSA) is 95.7 Å². The summed E-state index contributed by atoms with van der Waals surface area (Å²) in [5, 5.41) is 10.8. The van der Waals surface area contributed by atoms with Crippen molar-refractivity contribution in [1.29, 1.82) is 0 Å². The van der Waals surface area contributed by atoms with Crippen molar-refractivity contribution in [2.24, 2.45) is 0 Å². The van der Waals surface area contributed by atoms with Gasteiger partial charge < -0.3 is 23.9 Å². The summed E-state index contributed by atoms with van der Waals surface area (Å²) in [4.78, 5) is 12.3. The molecule has 0 bridgehead atoms. The third-order valence-corrected chi connectivity index (χ3v) is 4.00. The van der Waals surface area contributed by atoms with Gasteiger partial charge in [-0.25, -0.2) is 0 Å². The molecule has 0 aliphatic heterocycles.